The van der Waals surface area contributed by atoms with Crippen molar-refractivity contribution in [2.24, 2.45) is 0 Å². The van der Waals surface area contributed by atoms with Gasteiger partial charge < -0.3 is 15.8 Å². The number of rotatable bonds is 5. The molecule has 0 radical (unpaired) electrons. The predicted octanol–water partition coefficient (Wildman–Crippen LogP) is 1.69. The number of nitrogens with two attached hydrogens (primary N) is 1. The molecule has 0 aliphatic carbocycles. The number of carbonyl (C=O) groups excluding carboxylic acids is 2. The monoisotopic (exact) mass is 302 g/mol. The van der Waals surface area contributed by atoms with Gasteiger partial charge in [0.15, 0.2) is 0 Å². The van der Waals surface area contributed by atoms with E-state index in [0.717, 1.165) is 4.90 Å². The van der Waals surface area contributed by atoms with Crippen LogP contribution in [0.1, 0.15) is 6.92 Å². The summed E-state index contributed by atoms with van der Waals surface area (Å²) in [6.45, 7) is 1.34. The summed E-state index contributed by atoms with van der Waals surface area (Å²) >= 11 is 7.21. The highest BCUT2D eigenvalue weighted by molar-refractivity contribution is 7.99. The van der Waals surface area contributed by atoms with Crippen molar-refractivity contribution in [3.05, 3.63) is 23.2 Å². The zero-order valence-electron chi connectivity index (χ0n) is 10.6. The van der Waals surface area contributed by atoms with Crippen LogP contribution in [0.5, 0.6) is 0 Å². The average molecular weight is 303 g/mol. The molecule has 0 fully saturated rings. The zero-order chi connectivity index (χ0) is 14.4. The number of halogens is 1. The maximum absolute atomic E-state index is 11.5. The Balaban J connectivity index is 2.72. The lowest BCUT2D eigenvalue weighted by atomic mass is 10.3. The summed E-state index contributed by atoms with van der Waals surface area (Å²) in [5.41, 5.74) is 6.37. The highest BCUT2D eigenvalue weighted by Gasteiger charge is 2.20. The summed E-state index contributed by atoms with van der Waals surface area (Å²) in [7, 11) is 1.27. The summed E-state index contributed by atoms with van der Waals surface area (Å²) in [4.78, 5) is 23.3. The molecule has 1 aromatic rings. The SMILES string of the molecule is COC(=O)C(CSc1cc(Cl)ccc1N)NC(C)=O. The quantitative estimate of drug-likeness (QED) is 0.491. The van der Waals surface area contributed by atoms with Crippen LogP contribution in [-0.4, -0.2) is 30.8 Å². The summed E-state index contributed by atoms with van der Waals surface area (Å²) < 4.78 is 4.63. The second-order valence-corrected chi connectivity index (χ2v) is 5.27. The molecule has 3 N–H and O–H groups in total. The Kier molecular flexibility index (Phi) is 5.98. The zero-order valence-corrected chi connectivity index (χ0v) is 12.2. The number of amides is 1. The summed E-state index contributed by atoms with van der Waals surface area (Å²) in [6, 6.07) is 4.37. The molecule has 0 saturated heterocycles. The number of esters is 1. The maximum atomic E-state index is 11.5. The molecule has 5 nitrogen and oxygen atoms in total. The van der Waals surface area contributed by atoms with E-state index < -0.39 is 12.0 Å². The first-order valence-corrected chi connectivity index (χ1v) is 6.83. The van der Waals surface area contributed by atoms with Crippen LogP contribution in [0.4, 0.5) is 5.69 Å². The van der Waals surface area contributed by atoms with E-state index in [1.54, 1.807) is 18.2 Å². The van der Waals surface area contributed by atoms with Crippen molar-refractivity contribution in [3.63, 3.8) is 0 Å². The fraction of sp³-hybridized carbons (Fsp3) is 0.333. The van der Waals surface area contributed by atoms with Crippen molar-refractivity contribution in [2.45, 2.75) is 17.9 Å². The van der Waals surface area contributed by atoms with Crippen LogP contribution < -0.4 is 11.1 Å². The van der Waals surface area contributed by atoms with Gasteiger partial charge in [0.2, 0.25) is 5.91 Å². The Hall–Kier alpha value is -1.40. The number of hydrogen-bond donors (Lipinski definition) is 2. The minimum Gasteiger partial charge on any atom is -0.467 e. The van der Waals surface area contributed by atoms with E-state index in [-0.39, 0.29) is 5.91 Å². The minimum absolute atomic E-state index is 0.296. The van der Waals surface area contributed by atoms with Crippen LogP contribution in [0.15, 0.2) is 23.1 Å². The van der Waals surface area contributed by atoms with Gasteiger partial charge in [-0.25, -0.2) is 4.79 Å². The van der Waals surface area contributed by atoms with E-state index in [4.69, 9.17) is 17.3 Å². The van der Waals surface area contributed by atoms with Crippen molar-refractivity contribution >= 4 is 40.9 Å². The molecule has 7 heteroatoms. The molecule has 1 amide bonds. The maximum Gasteiger partial charge on any atom is 0.329 e. The van der Waals surface area contributed by atoms with Gasteiger partial charge in [0, 0.05) is 28.3 Å². The molecule has 1 unspecified atom stereocenters. The van der Waals surface area contributed by atoms with Crippen molar-refractivity contribution in [1.82, 2.24) is 5.32 Å². The molecule has 0 heterocycles. The van der Waals surface area contributed by atoms with Gasteiger partial charge in [-0.3, -0.25) is 4.79 Å². The fourth-order valence-electron chi connectivity index (χ4n) is 1.36. The molecule has 0 aliphatic heterocycles. The Morgan fingerprint density at radius 1 is 1.53 bits per heavy atom. The van der Waals surface area contributed by atoms with E-state index in [1.807, 2.05) is 0 Å². The highest BCUT2D eigenvalue weighted by atomic mass is 35.5. The van der Waals surface area contributed by atoms with E-state index >= 15 is 0 Å². The van der Waals surface area contributed by atoms with Gasteiger partial charge in [-0.15, -0.1) is 11.8 Å². The van der Waals surface area contributed by atoms with E-state index in [2.05, 4.69) is 10.1 Å². The third kappa shape index (κ3) is 5.00. The van der Waals surface area contributed by atoms with Crippen LogP contribution in [0.25, 0.3) is 0 Å². The number of nitrogen functional groups attached to an aromatic ring is 1. The van der Waals surface area contributed by atoms with Gasteiger partial charge in [0.25, 0.3) is 0 Å². The number of thioether (sulfide) groups is 1. The molecule has 1 rings (SSSR count). The van der Waals surface area contributed by atoms with Crippen LogP contribution >= 0.6 is 23.4 Å². The molecule has 0 bridgehead atoms. The van der Waals surface area contributed by atoms with Crippen molar-refractivity contribution < 1.29 is 14.3 Å². The normalized spacial score (nSPS) is 11.7. The molecule has 0 aliphatic rings. The minimum atomic E-state index is -0.717. The molecule has 0 spiro atoms. The summed E-state index contributed by atoms with van der Waals surface area (Å²) in [5, 5.41) is 3.09. The van der Waals surface area contributed by atoms with E-state index in [1.165, 1.54) is 25.8 Å². The Bertz CT molecular complexity index is 482. The number of benzene rings is 1. The first-order valence-electron chi connectivity index (χ1n) is 5.46. The standard InChI is InChI=1S/C12H15ClN2O3S/c1-7(16)15-10(12(17)18-2)6-19-11-5-8(13)3-4-9(11)14/h3-5,10H,6,14H2,1-2H3,(H,15,16). The molecule has 1 atom stereocenters. The van der Waals surface area contributed by atoms with Crippen LogP contribution in [0.2, 0.25) is 5.02 Å². The molecule has 19 heavy (non-hydrogen) atoms. The lowest BCUT2D eigenvalue weighted by molar-refractivity contribution is -0.144. The third-order valence-electron chi connectivity index (χ3n) is 2.24. The summed E-state index contributed by atoms with van der Waals surface area (Å²) in [6.07, 6.45) is 0. The second-order valence-electron chi connectivity index (χ2n) is 3.77. The predicted molar refractivity (Wildman–Crippen MR) is 76.2 cm³/mol. The smallest absolute Gasteiger partial charge is 0.329 e. The number of nitrogens with one attached hydrogen (secondary N) is 1. The number of hydrogen-bond acceptors (Lipinski definition) is 5. The first kappa shape index (κ1) is 15.7. The Morgan fingerprint density at radius 2 is 2.21 bits per heavy atom. The molecule has 1 aromatic carbocycles. The first-order chi connectivity index (χ1) is 8.93. The third-order valence-corrected chi connectivity index (χ3v) is 3.64. The van der Waals surface area contributed by atoms with E-state index in [0.29, 0.717) is 16.5 Å². The largest absolute Gasteiger partial charge is 0.467 e. The van der Waals surface area contributed by atoms with Gasteiger partial charge >= 0.3 is 5.97 Å². The number of ether oxygens (including phenoxy) is 1. The van der Waals surface area contributed by atoms with Gasteiger partial charge in [-0.1, -0.05) is 11.6 Å². The summed E-state index contributed by atoms with van der Waals surface area (Å²) in [5.74, 6) is -0.477. The van der Waals surface area contributed by atoms with E-state index in [9.17, 15) is 9.59 Å². The number of anilines is 1. The Labute approximate surface area is 120 Å². The van der Waals surface area contributed by atoms with Crippen molar-refractivity contribution in [3.8, 4) is 0 Å². The van der Waals surface area contributed by atoms with Gasteiger partial charge in [-0.05, 0) is 18.2 Å². The second kappa shape index (κ2) is 7.25. The highest BCUT2D eigenvalue weighted by Crippen LogP contribution is 2.28. The van der Waals surface area contributed by atoms with Crippen LogP contribution in [0.3, 0.4) is 0 Å². The molecular weight excluding hydrogens is 288 g/mol. The topological polar surface area (TPSA) is 81.4 Å². The molecule has 0 saturated carbocycles. The van der Waals surface area contributed by atoms with Crippen LogP contribution in [-0.2, 0) is 14.3 Å². The lowest BCUT2D eigenvalue weighted by Gasteiger charge is -2.15. The van der Waals surface area contributed by atoms with Gasteiger partial charge in [0.1, 0.15) is 6.04 Å². The van der Waals surface area contributed by atoms with Crippen molar-refractivity contribution in [2.75, 3.05) is 18.6 Å². The number of carbonyl (C=O) groups is 2. The van der Waals surface area contributed by atoms with Gasteiger partial charge in [0.05, 0.1) is 7.11 Å². The molecule has 104 valence electrons. The number of methoxy groups -OCH3 is 1. The van der Waals surface area contributed by atoms with Gasteiger partial charge in [-0.2, -0.15) is 0 Å². The molecule has 0 aromatic heterocycles. The fourth-order valence-corrected chi connectivity index (χ4v) is 2.61. The average Bonchev–Trinajstić information content (AvgIpc) is 2.36. The lowest BCUT2D eigenvalue weighted by Crippen LogP contribution is -2.42. The molecular formula is C12H15ClN2O3S. The van der Waals surface area contributed by atoms with Crippen LogP contribution in [0, 0.1) is 0 Å². The van der Waals surface area contributed by atoms with Crippen molar-refractivity contribution in [1.29, 1.82) is 0 Å². The Morgan fingerprint density at radius 3 is 2.79 bits per heavy atom.